The molecule has 0 aromatic heterocycles. The van der Waals surface area contributed by atoms with Crippen molar-refractivity contribution in [2.45, 2.75) is 19.1 Å². The lowest BCUT2D eigenvalue weighted by Gasteiger charge is -2.17. The molecule has 0 aliphatic carbocycles. The van der Waals surface area contributed by atoms with E-state index >= 15 is 0 Å². The molecule has 0 spiro atoms. The second-order valence-corrected chi connectivity index (χ2v) is 4.82. The van der Waals surface area contributed by atoms with Crippen molar-refractivity contribution in [1.29, 1.82) is 0 Å². The van der Waals surface area contributed by atoms with Crippen molar-refractivity contribution in [2.75, 3.05) is 5.73 Å². The number of carboxylic acids is 1. The SMILES string of the molecule is CC(O)C(NC(=O)c1cc2ccccc2cc1N)C(=O)O. The number of carbonyl (C=O) groups is 2. The number of amides is 1. The molecule has 2 rings (SSSR count). The predicted molar refractivity (Wildman–Crippen MR) is 78.9 cm³/mol. The predicted octanol–water partition coefficient (Wildman–Crippen LogP) is 0.986. The molecule has 1 amide bonds. The van der Waals surface area contributed by atoms with Crippen LogP contribution in [0, 0.1) is 0 Å². The van der Waals surface area contributed by atoms with Crippen molar-refractivity contribution >= 4 is 28.3 Å². The monoisotopic (exact) mass is 288 g/mol. The number of carbonyl (C=O) groups excluding carboxylic acids is 1. The van der Waals surface area contributed by atoms with E-state index in [1.807, 2.05) is 24.3 Å². The van der Waals surface area contributed by atoms with Gasteiger partial charge in [-0.25, -0.2) is 4.79 Å². The molecule has 0 bridgehead atoms. The molecule has 0 aliphatic heterocycles. The van der Waals surface area contributed by atoms with Gasteiger partial charge in [-0.3, -0.25) is 4.79 Å². The quantitative estimate of drug-likeness (QED) is 0.627. The molecular weight excluding hydrogens is 272 g/mol. The summed E-state index contributed by atoms with van der Waals surface area (Å²) in [5.74, 6) is -1.94. The number of nitrogens with one attached hydrogen (secondary N) is 1. The van der Waals surface area contributed by atoms with Crippen LogP contribution in [0.1, 0.15) is 17.3 Å². The molecule has 2 unspecified atom stereocenters. The zero-order chi connectivity index (χ0) is 15.6. The van der Waals surface area contributed by atoms with Gasteiger partial charge < -0.3 is 21.3 Å². The van der Waals surface area contributed by atoms with E-state index in [4.69, 9.17) is 10.8 Å². The minimum absolute atomic E-state index is 0.181. The summed E-state index contributed by atoms with van der Waals surface area (Å²) >= 11 is 0. The van der Waals surface area contributed by atoms with Crippen LogP contribution in [0.25, 0.3) is 10.8 Å². The number of aliphatic hydroxyl groups is 1. The summed E-state index contributed by atoms with van der Waals surface area (Å²) < 4.78 is 0. The average molecular weight is 288 g/mol. The Morgan fingerprint density at radius 2 is 1.76 bits per heavy atom. The van der Waals surface area contributed by atoms with Gasteiger partial charge in [-0.15, -0.1) is 0 Å². The Hall–Kier alpha value is -2.60. The van der Waals surface area contributed by atoms with E-state index in [0.29, 0.717) is 0 Å². The number of hydrogen-bond acceptors (Lipinski definition) is 4. The van der Waals surface area contributed by atoms with E-state index in [-0.39, 0.29) is 11.3 Å². The number of rotatable bonds is 4. The largest absolute Gasteiger partial charge is 0.480 e. The van der Waals surface area contributed by atoms with Gasteiger partial charge in [0.2, 0.25) is 0 Å². The lowest BCUT2D eigenvalue weighted by atomic mass is 10.0. The highest BCUT2D eigenvalue weighted by atomic mass is 16.4. The van der Waals surface area contributed by atoms with E-state index in [0.717, 1.165) is 10.8 Å². The smallest absolute Gasteiger partial charge is 0.328 e. The number of nitrogens with two attached hydrogens (primary N) is 1. The molecule has 0 heterocycles. The molecular formula is C15H16N2O4. The van der Waals surface area contributed by atoms with Gasteiger partial charge in [-0.1, -0.05) is 24.3 Å². The molecule has 21 heavy (non-hydrogen) atoms. The Labute approximate surface area is 121 Å². The van der Waals surface area contributed by atoms with Crippen LogP contribution in [-0.2, 0) is 4.79 Å². The highest BCUT2D eigenvalue weighted by Crippen LogP contribution is 2.22. The molecule has 6 heteroatoms. The highest BCUT2D eigenvalue weighted by molar-refractivity contribution is 6.05. The van der Waals surface area contributed by atoms with Gasteiger partial charge in [-0.2, -0.15) is 0 Å². The first-order valence-corrected chi connectivity index (χ1v) is 6.40. The van der Waals surface area contributed by atoms with Crippen LogP contribution in [0.3, 0.4) is 0 Å². The summed E-state index contributed by atoms with van der Waals surface area (Å²) in [7, 11) is 0. The molecule has 0 aliphatic rings. The fraction of sp³-hybridized carbons (Fsp3) is 0.200. The fourth-order valence-corrected chi connectivity index (χ4v) is 2.06. The van der Waals surface area contributed by atoms with Crippen molar-refractivity contribution in [3.05, 3.63) is 42.0 Å². The summed E-state index contributed by atoms with van der Waals surface area (Å²) in [6.07, 6.45) is -1.21. The molecule has 2 atom stereocenters. The second-order valence-electron chi connectivity index (χ2n) is 4.82. The summed E-state index contributed by atoms with van der Waals surface area (Å²) in [6, 6.07) is 9.25. The molecule has 6 nitrogen and oxygen atoms in total. The van der Waals surface area contributed by atoms with E-state index in [9.17, 15) is 14.7 Å². The number of anilines is 1. The van der Waals surface area contributed by atoms with Crippen LogP contribution in [-0.4, -0.2) is 34.2 Å². The average Bonchev–Trinajstić information content (AvgIpc) is 2.43. The van der Waals surface area contributed by atoms with Gasteiger partial charge >= 0.3 is 5.97 Å². The zero-order valence-electron chi connectivity index (χ0n) is 11.4. The number of aliphatic carboxylic acids is 1. The maximum atomic E-state index is 12.2. The van der Waals surface area contributed by atoms with Gasteiger partial charge in [0.25, 0.3) is 5.91 Å². The minimum Gasteiger partial charge on any atom is -0.480 e. The van der Waals surface area contributed by atoms with Crippen LogP contribution in [0.15, 0.2) is 36.4 Å². The lowest BCUT2D eigenvalue weighted by Crippen LogP contribution is -2.47. The third-order valence-electron chi connectivity index (χ3n) is 3.20. The molecule has 5 N–H and O–H groups in total. The van der Waals surface area contributed by atoms with Crippen molar-refractivity contribution in [2.24, 2.45) is 0 Å². The number of benzene rings is 2. The van der Waals surface area contributed by atoms with Crippen molar-refractivity contribution in [1.82, 2.24) is 5.32 Å². The maximum Gasteiger partial charge on any atom is 0.328 e. The van der Waals surface area contributed by atoms with E-state index in [1.54, 1.807) is 12.1 Å². The molecule has 0 saturated heterocycles. The van der Waals surface area contributed by atoms with Gasteiger partial charge in [-0.05, 0) is 29.8 Å². The van der Waals surface area contributed by atoms with Crippen molar-refractivity contribution in [3.63, 3.8) is 0 Å². The molecule has 0 fully saturated rings. The second kappa shape index (κ2) is 5.80. The number of aliphatic hydroxyl groups excluding tert-OH is 1. The van der Waals surface area contributed by atoms with Crippen LogP contribution in [0.4, 0.5) is 5.69 Å². The molecule has 2 aromatic rings. The van der Waals surface area contributed by atoms with Gasteiger partial charge in [0.05, 0.1) is 11.7 Å². The van der Waals surface area contributed by atoms with E-state index < -0.39 is 24.0 Å². The zero-order valence-corrected chi connectivity index (χ0v) is 11.4. The standard InChI is InChI=1S/C15H16N2O4/c1-8(18)13(15(20)21)17-14(19)11-6-9-4-2-3-5-10(9)7-12(11)16/h2-8,13,18H,16H2,1H3,(H,17,19)(H,20,21). The summed E-state index contributed by atoms with van der Waals surface area (Å²) in [5.41, 5.74) is 6.28. The van der Waals surface area contributed by atoms with E-state index in [1.165, 1.54) is 6.92 Å². The fourth-order valence-electron chi connectivity index (χ4n) is 2.06. The number of carboxylic acid groups (broad SMARTS) is 1. The number of fused-ring (bicyclic) bond motifs is 1. The first kappa shape index (κ1) is 14.8. The van der Waals surface area contributed by atoms with Crippen molar-refractivity contribution in [3.8, 4) is 0 Å². The maximum absolute atomic E-state index is 12.2. The third-order valence-corrected chi connectivity index (χ3v) is 3.20. The number of hydrogen-bond donors (Lipinski definition) is 4. The molecule has 0 saturated carbocycles. The van der Waals surface area contributed by atoms with Gasteiger partial charge in [0.1, 0.15) is 0 Å². The highest BCUT2D eigenvalue weighted by Gasteiger charge is 2.26. The first-order valence-electron chi connectivity index (χ1n) is 6.40. The Balaban J connectivity index is 2.34. The molecule has 110 valence electrons. The molecule has 2 aromatic carbocycles. The summed E-state index contributed by atoms with van der Waals surface area (Å²) in [5, 5.41) is 22.3. The third kappa shape index (κ3) is 3.11. The van der Waals surface area contributed by atoms with Crippen LogP contribution < -0.4 is 11.1 Å². The van der Waals surface area contributed by atoms with Crippen LogP contribution in [0.5, 0.6) is 0 Å². The Morgan fingerprint density at radius 1 is 1.19 bits per heavy atom. The number of nitrogen functional groups attached to an aromatic ring is 1. The van der Waals surface area contributed by atoms with Crippen LogP contribution >= 0.6 is 0 Å². The topological polar surface area (TPSA) is 113 Å². The van der Waals surface area contributed by atoms with Crippen LogP contribution in [0.2, 0.25) is 0 Å². The first-order chi connectivity index (χ1) is 9.90. The Kier molecular flexibility index (Phi) is 4.09. The normalized spacial score (nSPS) is 13.6. The van der Waals surface area contributed by atoms with E-state index in [2.05, 4.69) is 5.32 Å². The van der Waals surface area contributed by atoms with Gasteiger partial charge in [0.15, 0.2) is 6.04 Å². The Bertz CT molecular complexity index is 697. The van der Waals surface area contributed by atoms with Gasteiger partial charge in [0, 0.05) is 5.69 Å². The summed E-state index contributed by atoms with van der Waals surface area (Å²) in [6.45, 7) is 1.29. The summed E-state index contributed by atoms with van der Waals surface area (Å²) in [4.78, 5) is 23.2. The molecule has 0 radical (unpaired) electrons. The lowest BCUT2D eigenvalue weighted by molar-refractivity contribution is -0.141. The van der Waals surface area contributed by atoms with Crippen molar-refractivity contribution < 1.29 is 19.8 Å². The Morgan fingerprint density at radius 3 is 2.29 bits per heavy atom. The minimum atomic E-state index is -1.39.